The highest BCUT2D eigenvalue weighted by atomic mass is 15.5. The van der Waals surface area contributed by atoms with E-state index in [0.717, 1.165) is 6.54 Å². The normalized spacial score (nSPS) is 11.0. The first-order valence-electron chi connectivity index (χ1n) is 7.72. The Hall–Kier alpha value is -0.860. The molecular formula is C15H30N3+. The van der Waals surface area contributed by atoms with Crippen LogP contribution in [-0.2, 0) is 13.6 Å². The Morgan fingerprint density at radius 3 is 1.94 bits per heavy atom. The summed E-state index contributed by atoms with van der Waals surface area (Å²) in [4.78, 5) is 0. The summed E-state index contributed by atoms with van der Waals surface area (Å²) in [6, 6.07) is 0. The van der Waals surface area contributed by atoms with Gasteiger partial charge < -0.3 is 0 Å². The van der Waals surface area contributed by atoms with Gasteiger partial charge in [0.1, 0.15) is 13.6 Å². The zero-order valence-electron chi connectivity index (χ0n) is 12.3. The Morgan fingerprint density at radius 2 is 1.44 bits per heavy atom. The zero-order valence-corrected chi connectivity index (χ0v) is 12.3. The van der Waals surface area contributed by atoms with Gasteiger partial charge in [-0.1, -0.05) is 58.3 Å². The van der Waals surface area contributed by atoms with Crippen LogP contribution in [0.5, 0.6) is 0 Å². The Balaban J connectivity index is 1.81. The molecule has 0 aliphatic carbocycles. The SMILES string of the molecule is CCCCCCCCCCCCn1cc[n+](C)n1. The molecule has 0 radical (unpaired) electrons. The fourth-order valence-corrected chi connectivity index (χ4v) is 2.29. The second-order valence-electron chi connectivity index (χ2n) is 5.31. The van der Waals surface area contributed by atoms with Gasteiger partial charge in [-0.05, 0) is 12.8 Å². The van der Waals surface area contributed by atoms with E-state index in [1.807, 2.05) is 28.8 Å². The minimum Gasteiger partial charge on any atom is -0.141 e. The maximum atomic E-state index is 4.32. The molecule has 1 aromatic heterocycles. The van der Waals surface area contributed by atoms with Crippen LogP contribution in [0.2, 0.25) is 0 Å². The van der Waals surface area contributed by atoms with Gasteiger partial charge in [0.2, 0.25) is 0 Å². The summed E-state index contributed by atoms with van der Waals surface area (Å²) < 4.78 is 3.89. The molecule has 0 aliphatic heterocycles. The highest BCUT2D eigenvalue weighted by Gasteiger charge is 2.00. The summed E-state index contributed by atoms with van der Waals surface area (Å²) in [6.07, 6.45) is 18.0. The van der Waals surface area contributed by atoms with Crippen molar-refractivity contribution in [3.63, 3.8) is 0 Å². The van der Waals surface area contributed by atoms with Gasteiger partial charge in [0.15, 0.2) is 12.4 Å². The molecule has 3 heteroatoms. The molecule has 0 aliphatic rings. The average Bonchev–Trinajstić information content (AvgIpc) is 2.77. The molecule has 0 fully saturated rings. The average molecular weight is 252 g/mol. The molecule has 0 spiro atoms. The van der Waals surface area contributed by atoms with E-state index in [1.165, 1.54) is 64.2 Å². The lowest BCUT2D eigenvalue weighted by atomic mass is 10.1. The fraction of sp³-hybridized carbons (Fsp3) is 0.867. The molecule has 1 rings (SSSR count). The molecule has 104 valence electrons. The molecule has 1 heterocycles. The third-order valence-electron chi connectivity index (χ3n) is 3.45. The van der Waals surface area contributed by atoms with Crippen LogP contribution >= 0.6 is 0 Å². The van der Waals surface area contributed by atoms with E-state index >= 15 is 0 Å². The van der Waals surface area contributed by atoms with Crippen molar-refractivity contribution in [3.05, 3.63) is 12.4 Å². The van der Waals surface area contributed by atoms with Gasteiger partial charge in [-0.15, -0.1) is 9.36 Å². The smallest absolute Gasteiger partial charge is 0.141 e. The van der Waals surface area contributed by atoms with E-state index in [1.54, 1.807) is 0 Å². The maximum Gasteiger partial charge on any atom is 0.155 e. The predicted octanol–water partition coefficient (Wildman–Crippen LogP) is 3.63. The van der Waals surface area contributed by atoms with E-state index in [0.29, 0.717) is 0 Å². The minimum absolute atomic E-state index is 1.07. The Bertz CT molecular complexity index is 294. The maximum absolute atomic E-state index is 4.32. The lowest BCUT2D eigenvalue weighted by Gasteiger charge is -2.01. The summed E-state index contributed by atoms with van der Waals surface area (Å²) in [5, 5.41) is 4.32. The molecule has 18 heavy (non-hydrogen) atoms. The van der Waals surface area contributed by atoms with Crippen molar-refractivity contribution in [2.45, 2.75) is 77.7 Å². The largest absolute Gasteiger partial charge is 0.155 e. The standard InChI is InChI=1S/C15H30N3/c1-3-4-5-6-7-8-9-10-11-12-13-18-15-14-17(2)16-18/h14-15H,3-13H2,1-2H3/q+1. The molecule has 0 unspecified atom stereocenters. The zero-order chi connectivity index (χ0) is 13.1. The monoisotopic (exact) mass is 252 g/mol. The molecule has 0 saturated heterocycles. The van der Waals surface area contributed by atoms with Crippen molar-refractivity contribution < 1.29 is 4.68 Å². The van der Waals surface area contributed by atoms with Gasteiger partial charge in [-0.3, -0.25) is 0 Å². The van der Waals surface area contributed by atoms with Crippen molar-refractivity contribution in [1.29, 1.82) is 0 Å². The molecule has 0 amide bonds. The van der Waals surface area contributed by atoms with Crippen LogP contribution < -0.4 is 4.68 Å². The number of hydrogen-bond acceptors (Lipinski definition) is 1. The minimum atomic E-state index is 1.07. The van der Waals surface area contributed by atoms with E-state index in [-0.39, 0.29) is 0 Å². The molecule has 0 bridgehead atoms. The van der Waals surface area contributed by atoms with Gasteiger partial charge in [0, 0.05) is 0 Å². The third-order valence-corrected chi connectivity index (χ3v) is 3.45. The lowest BCUT2D eigenvalue weighted by Crippen LogP contribution is -2.30. The van der Waals surface area contributed by atoms with Gasteiger partial charge in [-0.2, -0.15) is 0 Å². The molecule has 1 aromatic rings. The highest BCUT2D eigenvalue weighted by molar-refractivity contribution is 4.57. The first kappa shape index (κ1) is 15.2. The van der Waals surface area contributed by atoms with Crippen LogP contribution in [-0.4, -0.2) is 9.90 Å². The first-order valence-corrected chi connectivity index (χ1v) is 7.72. The quantitative estimate of drug-likeness (QED) is 0.435. The van der Waals surface area contributed by atoms with Crippen molar-refractivity contribution >= 4 is 0 Å². The predicted molar refractivity (Wildman–Crippen MR) is 75.2 cm³/mol. The number of nitrogens with zero attached hydrogens (tertiary/aromatic N) is 3. The van der Waals surface area contributed by atoms with Crippen LogP contribution in [0.1, 0.15) is 71.1 Å². The second-order valence-corrected chi connectivity index (χ2v) is 5.31. The highest BCUT2D eigenvalue weighted by Crippen LogP contribution is 2.10. The second kappa shape index (κ2) is 10.1. The van der Waals surface area contributed by atoms with Crippen molar-refractivity contribution in [2.24, 2.45) is 7.05 Å². The summed E-state index contributed by atoms with van der Waals surface area (Å²) in [5.74, 6) is 0. The Kier molecular flexibility index (Phi) is 8.53. The van der Waals surface area contributed by atoms with Crippen molar-refractivity contribution in [2.75, 3.05) is 0 Å². The number of rotatable bonds is 11. The number of unbranched alkanes of at least 4 members (excludes halogenated alkanes) is 9. The molecule has 3 nitrogen and oxygen atoms in total. The molecule has 0 saturated carbocycles. The van der Waals surface area contributed by atoms with Gasteiger partial charge in [-0.25, -0.2) is 0 Å². The van der Waals surface area contributed by atoms with E-state index in [9.17, 15) is 0 Å². The molecule has 0 N–H and O–H groups in total. The van der Waals surface area contributed by atoms with Gasteiger partial charge >= 0.3 is 0 Å². The van der Waals surface area contributed by atoms with Crippen LogP contribution in [0.4, 0.5) is 0 Å². The molecule has 0 atom stereocenters. The Morgan fingerprint density at radius 1 is 0.889 bits per heavy atom. The summed E-state index contributed by atoms with van der Waals surface area (Å²) in [6.45, 7) is 3.34. The van der Waals surface area contributed by atoms with Gasteiger partial charge in [0.05, 0.1) is 5.21 Å². The van der Waals surface area contributed by atoms with Crippen LogP contribution in [0, 0.1) is 0 Å². The topological polar surface area (TPSA) is 21.7 Å². The summed E-state index contributed by atoms with van der Waals surface area (Å²) in [7, 11) is 1.97. The van der Waals surface area contributed by atoms with Gasteiger partial charge in [0.25, 0.3) is 0 Å². The van der Waals surface area contributed by atoms with Crippen LogP contribution in [0.3, 0.4) is 0 Å². The Labute approximate surface area is 112 Å². The van der Waals surface area contributed by atoms with Crippen LogP contribution in [0.25, 0.3) is 0 Å². The van der Waals surface area contributed by atoms with E-state index in [2.05, 4.69) is 12.1 Å². The van der Waals surface area contributed by atoms with E-state index < -0.39 is 0 Å². The van der Waals surface area contributed by atoms with E-state index in [4.69, 9.17) is 0 Å². The first-order chi connectivity index (χ1) is 8.83. The van der Waals surface area contributed by atoms with Crippen LogP contribution in [0.15, 0.2) is 12.4 Å². The van der Waals surface area contributed by atoms with Crippen molar-refractivity contribution in [3.8, 4) is 0 Å². The fourth-order valence-electron chi connectivity index (χ4n) is 2.29. The van der Waals surface area contributed by atoms with Crippen molar-refractivity contribution in [1.82, 2.24) is 9.90 Å². The number of hydrogen-bond donors (Lipinski definition) is 0. The molecule has 0 aromatic carbocycles. The number of aromatic nitrogens is 3. The number of aryl methyl sites for hydroxylation is 2. The molecular weight excluding hydrogens is 222 g/mol. The summed E-state index contributed by atoms with van der Waals surface area (Å²) >= 11 is 0. The lowest BCUT2D eigenvalue weighted by molar-refractivity contribution is -0.732. The third kappa shape index (κ3) is 7.46. The summed E-state index contributed by atoms with van der Waals surface area (Å²) in [5.41, 5.74) is 0.